The van der Waals surface area contributed by atoms with Crippen LogP contribution in [0.2, 0.25) is 0 Å². The average Bonchev–Trinajstić information content (AvgIpc) is 3.09. The molecule has 2 aromatic rings. The highest BCUT2D eigenvalue weighted by Gasteiger charge is 2.34. The third-order valence-electron chi connectivity index (χ3n) is 5.34. The summed E-state index contributed by atoms with van der Waals surface area (Å²) in [6.07, 6.45) is 0.589. The van der Waals surface area contributed by atoms with Gasteiger partial charge in [-0.25, -0.2) is 13.1 Å². The number of rotatable bonds is 10. The summed E-state index contributed by atoms with van der Waals surface area (Å²) < 4.78 is 43.3. The summed E-state index contributed by atoms with van der Waals surface area (Å²) in [5.74, 6) is -0.315. The minimum Gasteiger partial charge on any atom is -0.486 e. The van der Waals surface area contributed by atoms with Crippen molar-refractivity contribution in [2.45, 2.75) is 24.2 Å². The topological polar surface area (TPSA) is 128 Å². The van der Waals surface area contributed by atoms with Crippen molar-refractivity contribution in [3.63, 3.8) is 0 Å². The van der Waals surface area contributed by atoms with Gasteiger partial charge in [0.1, 0.15) is 13.2 Å². The number of ether oxygens (including phenoxy) is 3. The number of nitrogens with zero attached hydrogens (tertiary/aromatic N) is 1. The van der Waals surface area contributed by atoms with Gasteiger partial charge in [0.25, 0.3) is 11.8 Å². The van der Waals surface area contributed by atoms with Gasteiger partial charge in [0.05, 0.1) is 22.6 Å². The largest absolute Gasteiger partial charge is 0.486 e. The van der Waals surface area contributed by atoms with Gasteiger partial charge in [0, 0.05) is 25.6 Å². The molecule has 4 rings (SSSR count). The summed E-state index contributed by atoms with van der Waals surface area (Å²) in [6.45, 7) is 1.02. The molecule has 0 bridgehead atoms. The van der Waals surface area contributed by atoms with Crippen LogP contribution < -0.4 is 14.2 Å². The number of hydrogen-bond donors (Lipinski definition) is 1. The number of imide groups is 1. The second-order valence-electron chi connectivity index (χ2n) is 7.69. The molecular weight excluding hydrogens is 464 g/mol. The number of carbonyl (C=O) groups excluding carboxylic acids is 3. The second kappa shape index (κ2) is 10.2. The minimum atomic E-state index is -3.76. The quantitative estimate of drug-likeness (QED) is 0.304. The Bertz CT molecular complexity index is 1180. The van der Waals surface area contributed by atoms with Gasteiger partial charge in [-0.3, -0.25) is 19.3 Å². The van der Waals surface area contributed by atoms with E-state index in [0.29, 0.717) is 42.3 Å². The monoisotopic (exact) mass is 488 g/mol. The van der Waals surface area contributed by atoms with Crippen molar-refractivity contribution in [2.75, 3.05) is 32.9 Å². The number of nitrogens with one attached hydrogen (secondary N) is 1. The van der Waals surface area contributed by atoms with Crippen LogP contribution >= 0.6 is 0 Å². The zero-order valence-electron chi connectivity index (χ0n) is 18.3. The van der Waals surface area contributed by atoms with E-state index in [1.165, 1.54) is 12.1 Å². The molecule has 0 unspecified atom stereocenters. The SMILES string of the molecule is O=C(CCCNS(=O)(=O)c1ccc2c(c1)OCCO2)OCCCN1C(=O)c2ccccc2C1=O. The van der Waals surface area contributed by atoms with E-state index in [1.807, 2.05) is 0 Å². The van der Waals surface area contributed by atoms with E-state index in [9.17, 15) is 22.8 Å². The third-order valence-corrected chi connectivity index (χ3v) is 6.80. The molecule has 2 aliphatic rings. The van der Waals surface area contributed by atoms with Gasteiger partial charge in [-0.05, 0) is 37.1 Å². The van der Waals surface area contributed by atoms with Gasteiger partial charge < -0.3 is 14.2 Å². The molecule has 0 fully saturated rings. The Morgan fingerprint density at radius 1 is 0.971 bits per heavy atom. The van der Waals surface area contributed by atoms with Crippen molar-refractivity contribution in [1.29, 1.82) is 0 Å². The van der Waals surface area contributed by atoms with Gasteiger partial charge in [0.15, 0.2) is 11.5 Å². The first kappa shape index (κ1) is 23.7. The van der Waals surface area contributed by atoms with Crippen molar-refractivity contribution < 1.29 is 37.0 Å². The first-order valence-corrected chi connectivity index (χ1v) is 12.4. The predicted octanol–water partition coefficient (Wildman–Crippen LogP) is 1.75. The fourth-order valence-corrected chi connectivity index (χ4v) is 4.73. The standard InChI is InChI=1S/C23H24N2O8S/c26-21(33-12-4-11-25-22(27)17-5-1-2-6-18(17)23(25)28)7-3-10-24-34(29,30)16-8-9-19-20(15-16)32-14-13-31-19/h1-2,5-6,8-9,15,24H,3-4,7,10-14H2. The minimum absolute atomic E-state index is 0.0245. The van der Waals surface area contributed by atoms with Crippen LogP contribution in [0.5, 0.6) is 11.5 Å². The first-order valence-electron chi connectivity index (χ1n) is 10.9. The molecule has 34 heavy (non-hydrogen) atoms. The van der Waals surface area contributed by atoms with Gasteiger partial charge in [-0.15, -0.1) is 0 Å². The van der Waals surface area contributed by atoms with Crippen LogP contribution in [0.15, 0.2) is 47.4 Å². The van der Waals surface area contributed by atoms with E-state index in [-0.39, 0.29) is 49.2 Å². The smallest absolute Gasteiger partial charge is 0.305 e. The maximum absolute atomic E-state index is 12.5. The van der Waals surface area contributed by atoms with Gasteiger partial charge >= 0.3 is 5.97 Å². The highest BCUT2D eigenvalue weighted by Crippen LogP contribution is 2.32. The molecule has 11 heteroatoms. The molecular formula is C23H24N2O8S. The fourth-order valence-electron chi connectivity index (χ4n) is 3.64. The molecule has 2 aromatic carbocycles. The van der Waals surface area contributed by atoms with Crippen molar-refractivity contribution in [2.24, 2.45) is 0 Å². The molecule has 180 valence electrons. The van der Waals surface area contributed by atoms with Crippen LogP contribution in [0, 0.1) is 0 Å². The number of benzene rings is 2. The lowest BCUT2D eigenvalue weighted by Crippen LogP contribution is -2.31. The molecule has 0 saturated heterocycles. The number of fused-ring (bicyclic) bond motifs is 2. The van der Waals surface area contributed by atoms with E-state index in [1.54, 1.807) is 30.3 Å². The Kier molecular flexibility index (Phi) is 7.13. The summed E-state index contributed by atoms with van der Waals surface area (Å²) in [5.41, 5.74) is 0.756. The van der Waals surface area contributed by atoms with E-state index in [2.05, 4.69) is 4.72 Å². The molecule has 0 atom stereocenters. The van der Waals surface area contributed by atoms with Crippen LogP contribution in [-0.2, 0) is 19.6 Å². The Labute approximate surface area is 196 Å². The van der Waals surface area contributed by atoms with Crippen LogP contribution in [0.1, 0.15) is 40.0 Å². The van der Waals surface area contributed by atoms with E-state index < -0.39 is 16.0 Å². The number of sulfonamides is 1. The maximum atomic E-state index is 12.5. The molecule has 0 saturated carbocycles. The van der Waals surface area contributed by atoms with Crippen molar-refractivity contribution >= 4 is 27.8 Å². The summed E-state index contributed by atoms with van der Waals surface area (Å²) in [7, 11) is -3.76. The summed E-state index contributed by atoms with van der Waals surface area (Å²) in [6, 6.07) is 11.0. The summed E-state index contributed by atoms with van der Waals surface area (Å²) in [5, 5.41) is 0. The average molecular weight is 489 g/mol. The first-order chi connectivity index (χ1) is 16.4. The summed E-state index contributed by atoms with van der Waals surface area (Å²) >= 11 is 0. The zero-order chi connectivity index (χ0) is 24.1. The van der Waals surface area contributed by atoms with E-state index in [0.717, 1.165) is 4.90 Å². The molecule has 0 spiro atoms. The van der Waals surface area contributed by atoms with Crippen molar-refractivity contribution in [1.82, 2.24) is 9.62 Å². The molecule has 10 nitrogen and oxygen atoms in total. The van der Waals surface area contributed by atoms with Crippen LogP contribution in [0.4, 0.5) is 0 Å². The van der Waals surface area contributed by atoms with Crippen LogP contribution in [0.25, 0.3) is 0 Å². The normalized spacial score (nSPS) is 14.8. The Balaban J connectivity index is 1.14. The second-order valence-corrected chi connectivity index (χ2v) is 9.46. The van der Waals surface area contributed by atoms with Crippen LogP contribution in [0.3, 0.4) is 0 Å². The van der Waals surface area contributed by atoms with E-state index >= 15 is 0 Å². The maximum Gasteiger partial charge on any atom is 0.305 e. The zero-order valence-corrected chi connectivity index (χ0v) is 19.1. The number of esters is 1. The Morgan fingerprint density at radius 3 is 2.35 bits per heavy atom. The molecule has 2 heterocycles. The van der Waals surface area contributed by atoms with Crippen molar-refractivity contribution in [3.05, 3.63) is 53.6 Å². The lowest BCUT2D eigenvalue weighted by Gasteiger charge is -2.18. The van der Waals surface area contributed by atoms with Gasteiger partial charge in [-0.2, -0.15) is 0 Å². The van der Waals surface area contributed by atoms with Gasteiger partial charge in [0.2, 0.25) is 10.0 Å². The molecule has 1 N–H and O–H groups in total. The summed E-state index contributed by atoms with van der Waals surface area (Å²) in [4.78, 5) is 37.7. The Morgan fingerprint density at radius 2 is 1.65 bits per heavy atom. The molecule has 2 aliphatic heterocycles. The predicted molar refractivity (Wildman–Crippen MR) is 119 cm³/mol. The van der Waals surface area contributed by atoms with Crippen LogP contribution in [-0.4, -0.2) is 64.0 Å². The molecule has 0 aliphatic carbocycles. The Hall–Kier alpha value is -3.44. The van der Waals surface area contributed by atoms with Crippen molar-refractivity contribution in [3.8, 4) is 11.5 Å². The third kappa shape index (κ3) is 5.20. The highest BCUT2D eigenvalue weighted by atomic mass is 32.2. The molecule has 0 radical (unpaired) electrons. The molecule has 0 aromatic heterocycles. The lowest BCUT2D eigenvalue weighted by atomic mass is 10.1. The molecule has 2 amide bonds. The lowest BCUT2D eigenvalue weighted by molar-refractivity contribution is -0.143. The number of carbonyl (C=O) groups is 3. The number of amides is 2. The highest BCUT2D eigenvalue weighted by molar-refractivity contribution is 7.89. The number of hydrogen-bond acceptors (Lipinski definition) is 8. The van der Waals surface area contributed by atoms with E-state index in [4.69, 9.17) is 14.2 Å². The fraction of sp³-hybridized carbons (Fsp3) is 0.348. The van der Waals surface area contributed by atoms with Gasteiger partial charge in [-0.1, -0.05) is 12.1 Å².